The van der Waals surface area contributed by atoms with Crippen LogP contribution in [-0.4, -0.2) is 14.1 Å². The van der Waals surface area contributed by atoms with Crippen LogP contribution in [0, 0.1) is 29.8 Å². The van der Waals surface area contributed by atoms with Gasteiger partial charge in [0.25, 0.3) is 6.33 Å². The van der Waals surface area contributed by atoms with Gasteiger partial charge in [-0.2, -0.15) is 18.2 Å². The fourth-order valence-electron chi connectivity index (χ4n) is 7.80. The first kappa shape index (κ1) is 28.2. The molecule has 0 aliphatic heterocycles. The molecule has 0 aliphatic carbocycles. The van der Waals surface area contributed by atoms with Crippen molar-refractivity contribution >= 4 is 32.8 Å². The molecular formula is C57H48N4OPt-2. The van der Waals surface area contributed by atoms with Gasteiger partial charge in [-0.25, -0.2) is 4.98 Å². The topological polar surface area (TPSA) is 35.9 Å². The zero-order chi connectivity index (χ0) is 54.7. The maximum Gasteiger partial charge on any atom is 0.268 e. The summed E-state index contributed by atoms with van der Waals surface area (Å²) in [5, 5.41) is 1.78. The number of imidazole rings is 1. The Balaban J connectivity index is 0.00000722. The molecule has 63 heavy (non-hydrogen) atoms. The van der Waals surface area contributed by atoms with Gasteiger partial charge < -0.3 is 13.9 Å². The third-order valence-corrected chi connectivity index (χ3v) is 10.2. The van der Waals surface area contributed by atoms with Gasteiger partial charge in [-0.1, -0.05) is 155 Å². The van der Waals surface area contributed by atoms with Gasteiger partial charge in [0.2, 0.25) is 0 Å². The molecule has 0 radical (unpaired) electrons. The molecule has 0 saturated carbocycles. The third kappa shape index (κ3) is 8.38. The number of nitrogens with zero attached hydrogens (tertiary/aromatic N) is 4. The summed E-state index contributed by atoms with van der Waals surface area (Å²) in [5.74, 6) is 0.577. The summed E-state index contributed by atoms with van der Waals surface area (Å²) >= 11 is 0. The van der Waals surface area contributed by atoms with Crippen molar-refractivity contribution in [2.45, 2.75) is 47.4 Å². The zero-order valence-electron chi connectivity index (χ0n) is 49.0. The summed E-state index contributed by atoms with van der Waals surface area (Å²) in [6.45, 7) is 9.09. The first-order valence-corrected chi connectivity index (χ1v) is 20.3. The molecule has 0 unspecified atom stereocenters. The monoisotopic (exact) mass is 1010 g/mol. The number of rotatable bonds is 10. The standard InChI is InChI=1S/C57H48N4O.Pt/c1-39(2)32-40-26-29-52-54(33-40)59(38-60(52)56-47(42-16-8-6-9-17-42)23-15-24-48(56)43-18-10-7-11-19-43)44-20-14-21-45(35-44)62-46-27-28-50-49-22-12-13-25-51(49)61(53(50)36-46)55-34-41(30-31-58-55)37-57(3,4)5;/h6-31,33-34,39H,32,37H2,1-5H3;/q-2;/i6D,7D,8D,9D,10D,11D,16D,17D,18D,19D,32D2,37D2;. The van der Waals surface area contributed by atoms with Gasteiger partial charge in [-0.3, -0.25) is 4.57 Å². The van der Waals surface area contributed by atoms with Gasteiger partial charge in [0.15, 0.2) is 0 Å². The van der Waals surface area contributed by atoms with Crippen molar-refractivity contribution in [2.75, 3.05) is 0 Å². The van der Waals surface area contributed by atoms with Crippen LogP contribution < -0.4 is 9.30 Å². The van der Waals surface area contributed by atoms with E-state index in [2.05, 4.69) is 18.5 Å². The van der Waals surface area contributed by atoms with Crippen LogP contribution in [-0.2, 0) is 33.8 Å². The van der Waals surface area contributed by atoms with E-state index in [-0.39, 0.29) is 54.8 Å². The zero-order valence-corrected chi connectivity index (χ0v) is 37.3. The van der Waals surface area contributed by atoms with Crippen molar-refractivity contribution in [3.8, 4) is 50.9 Å². The maximum atomic E-state index is 9.13. The van der Waals surface area contributed by atoms with Crippen LogP contribution in [0.5, 0.6) is 11.5 Å². The molecule has 5 nitrogen and oxygen atoms in total. The van der Waals surface area contributed by atoms with Crippen molar-refractivity contribution in [2.24, 2.45) is 11.3 Å². The number of aromatic nitrogens is 4. The SMILES string of the molecule is [2H]c1c([2H])c([2H])c(-c2cccc(-c3c([2H])c([2H])c([2H])c([2H])c3[2H])c2-[n+]2[c-]n(-c3[c-]c(Oc4[c-]c5c(cc4)c4ccccc4n5-c4cc(C([2H])([2H])C(C)(C)C)ccn4)ccc3)c3cc(C([2H])([2H])C(C)C)ccc32)c([2H])c1[2H].[Pt]. The van der Waals surface area contributed by atoms with Crippen LogP contribution in [0.15, 0.2) is 170 Å². The largest absolute Gasteiger partial charge is 0.510 e. The Morgan fingerprint density at radius 2 is 1.41 bits per heavy atom. The molecule has 314 valence electrons. The van der Waals surface area contributed by atoms with Crippen LogP contribution in [0.25, 0.3) is 72.3 Å². The average Bonchev–Trinajstić information content (AvgIpc) is 4.13. The Labute approximate surface area is 404 Å². The van der Waals surface area contributed by atoms with E-state index in [1.54, 1.807) is 79.2 Å². The second-order valence-corrected chi connectivity index (χ2v) is 16.2. The molecule has 3 heterocycles. The second-order valence-electron chi connectivity index (χ2n) is 16.2. The third-order valence-electron chi connectivity index (χ3n) is 10.2. The fourth-order valence-corrected chi connectivity index (χ4v) is 7.80. The Morgan fingerprint density at radius 3 is 2.13 bits per heavy atom. The van der Waals surface area contributed by atoms with Crippen molar-refractivity contribution in [3.63, 3.8) is 0 Å². The van der Waals surface area contributed by atoms with Crippen molar-refractivity contribution in [1.82, 2.24) is 14.1 Å². The second kappa shape index (κ2) is 17.3. The van der Waals surface area contributed by atoms with E-state index in [9.17, 15) is 0 Å². The van der Waals surface area contributed by atoms with Crippen LogP contribution in [0.3, 0.4) is 0 Å². The van der Waals surface area contributed by atoms with Crippen LogP contribution in [0.4, 0.5) is 0 Å². The van der Waals surface area contributed by atoms with Gasteiger partial charge in [0.05, 0.1) is 30.4 Å². The molecule has 0 saturated heterocycles. The van der Waals surface area contributed by atoms with Crippen molar-refractivity contribution in [3.05, 3.63) is 199 Å². The van der Waals surface area contributed by atoms with Gasteiger partial charge in [-0.05, 0) is 87.2 Å². The number of para-hydroxylation sites is 2. The Morgan fingerprint density at radius 1 is 0.714 bits per heavy atom. The van der Waals surface area contributed by atoms with E-state index in [4.69, 9.17) is 28.9 Å². The molecule has 0 amide bonds. The number of hydrogen-bond donors (Lipinski definition) is 0. The smallest absolute Gasteiger partial charge is 0.268 e. The Bertz CT molecular complexity index is 3890. The van der Waals surface area contributed by atoms with E-state index in [1.807, 2.05) is 55.7 Å². The molecule has 6 heteroatoms. The van der Waals surface area contributed by atoms with E-state index in [0.29, 0.717) is 44.9 Å². The normalized spacial score (nSPS) is 15.3. The minimum absolute atomic E-state index is 0. The summed E-state index contributed by atoms with van der Waals surface area (Å²) in [4.78, 5) is 4.71. The molecule has 7 aromatic carbocycles. The number of ether oxygens (including phenoxy) is 1. The molecule has 0 atom stereocenters. The van der Waals surface area contributed by atoms with Gasteiger partial charge in [0.1, 0.15) is 5.82 Å². The Kier molecular flexibility index (Phi) is 7.75. The summed E-state index contributed by atoms with van der Waals surface area (Å²) < 4.78 is 136. The fraction of sp³-hybridized carbons (Fsp3) is 0.158. The van der Waals surface area contributed by atoms with Crippen LogP contribution >= 0.6 is 0 Å². The molecular weight excluding hydrogens is 952 g/mol. The van der Waals surface area contributed by atoms with E-state index < -0.39 is 84.5 Å². The van der Waals surface area contributed by atoms with Crippen LogP contribution in [0.2, 0.25) is 0 Å². The molecule has 10 rings (SSSR count). The predicted molar refractivity (Wildman–Crippen MR) is 253 cm³/mol. The van der Waals surface area contributed by atoms with Gasteiger partial charge >= 0.3 is 0 Å². The van der Waals surface area contributed by atoms with E-state index >= 15 is 0 Å². The molecule has 0 fully saturated rings. The number of pyridine rings is 1. The van der Waals surface area contributed by atoms with Gasteiger partial charge in [-0.15, -0.1) is 29.7 Å². The predicted octanol–water partition coefficient (Wildman–Crippen LogP) is 13.7. The number of hydrogen-bond acceptors (Lipinski definition) is 2. The molecule has 10 aromatic rings. The first-order chi connectivity index (χ1) is 35.8. The maximum absolute atomic E-state index is 9.13. The van der Waals surface area contributed by atoms with E-state index in [0.717, 1.165) is 16.3 Å². The summed E-state index contributed by atoms with van der Waals surface area (Å²) in [6, 6.07) is 30.6. The quantitative estimate of drug-likeness (QED) is 0.101. The van der Waals surface area contributed by atoms with Crippen molar-refractivity contribution < 1.29 is 49.6 Å². The van der Waals surface area contributed by atoms with E-state index in [1.165, 1.54) is 22.8 Å². The Hall–Kier alpha value is -6.55. The summed E-state index contributed by atoms with van der Waals surface area (Å²) in [5.41, 5.74) is 2.36. The van der Waals surface area contributed by atoms with Gasteiger partial charge in [0, 0.05) is 49.8 Å². The number of fused-ring (bicyclic) bond motifs is 4. The average molecular weight is 1010 g/mol. The first-order valence-electron chi connectivity index (χ1n) is 27.3. The molecule has 0 N–H and O–H groups in total. The minimum atomic E-state index is -1.83. The molecule has 0 aliphatic rings. The summed E-state index contributed by atoms with van der Waals surface area (Å²) in [7, 11) is 0. The molecule has 3 aromatic heterocycles. The summed E-state index contributed by atoms with van der Waals surface area (Å²) in [6.07, 6.45) is 1.44. The molecule has 0 spiro atoms. The van der Waals surface area contributed by atoms with Crippen LogP contribution in [0.1, 0.15) is 64.9 Å². The minimum Gasteiger partial charge on any atom is -0.510 e. The molecule has 0 bridgehead atoms. The van der Waals surface area contributed by atoms with Crippen molar-refractivity contribution in [1.29, 1.82) is 0 Å². The number of benzene rings is 7.